The Labute approximate surface area is 133 Å². The first-order valence-electron chi connectivity index (χ1n) is 7.56. The highest BCUT2D eigenvalue weighted by molar-refractivity contribution is 5.44. The molecule has 22 heavy (non-hydrogen) atoms. The Hall–Kier alpha value is -2.00. The van der Waals surface area contributed by atoms with Crippen LogP contribution >= 0.6 is 0 Å². The second-order valence-electron chi connectivity index (χ2n) is 5.74. The Morgan fingerprint density at radius 1 is 0.955 bits per heavy atom. The van der Waals surface area contributed by atoms with Crippen molar-refractivity contribution in [1.82, 2.24) is 0 Å². The van der Waals surface area contributed by atoms with Crippen molar-refractivity contribution in [3.63, 3.8) is 0 Å². The number of rotatable bonds is 6. The first-order chi connectivity index (χ1) is 10.6. The third kappa shape index (κ3) is 3.80. The molecule has 2 aromatic carbocycles. The Kier molecular flexibility index (Phi) is 5.45. The van der Waals surface area contributed by atoms with Gasteiger partial charge in [-0.15, -0.1) is 0 Å². The number of hydrogen-bond donors (Lipinski definition) is 1. The molecule has 0 heterocycles. The summed E-state index contributed by atoms with van der Waals surface area (Å²) in [6.07, 6.45) is 0.904. The van der Waals surface area contributed by atoms with Gasteiger partial charge in [0.05, 0.1) is 14.2 Å². The molecule has 0 aliphatic rings. The molecule has 1 unspecified atom stereocenters. The summed E-state index contributed by atoms with van der Waals surface area (Å²) in [7, 11) is 3.34. The predicted octanol–water partition coefficient (Wildman–Crippen LogP) is 3.61. The second-order valence-corrected chi connectivity index (χ2v) is 5.74. The molecule has 2 N–H and O–H groups in total. The van der Waals surface area contributed by atoms with Crippen LogP contribution in [-0.2, 0) is 6.42 Å². The van der Waals surface area contributed by atoms with Crippen molar-refractivity contribution in [3.8, 4) is 11.5 Å². The molecule has 0 fully saturated rings. The van der Waals surface area contributed by atoms with E-state index in [1.54, 1.807) is 14.2 Å². The van der Waals surface area contributed by atoms with E-state index in [2.05, 4.69) is 38.1 Å². The van der Waals surface area contributed by atoms with Crippen molar-refractivity contribution in [3.05, 3.63) is 58.7 Å². The summed E-state index contributed by atoms with van der Waals surface area (Å²) in [5, 5.41) is 0. The van der Waals surface area contributed by atoms with E-state index in [0.29, 0.717) is 6.54 Å². The maximum absolute atomic E-state index is 6.04. The highest BCUT2D eigenvalue weighted by Crippen LogP contribution is 2.32. The van der Waals surface area contributed by atoms with E-state index in [4.69, 9.17) is 15.2 Å². The van der Waals surface area contributed by atoms with Gasteiger partial charge in [0.1, 0.15) is 11.5 Å². The lowest BCUT2D eigenvalue weighted by Gasteiger charge is -2.19. The Morgan fingerprint density at radius 2 is 1.64 bits per heavy atom. The van der Waals surface area contributed by atoms with E-state index in [9.17, 15) is 0 Å². The second kappa shape index (κ2) is 7.32. The Morgan fingerprint density at radius 3 is 2.18 bits per heavy atom. The van der Waals surface area contributed by atoms with Crippen molar-refractivity contribution < 1.29 is 9.47 Å². The molecule has 0 spiro atoms. The number of benzene rings is 2. The van der Waals surface area contributed by atoms with Crippen LogP contribution in [0.4, 0.5) is 0 Å². The lowest BCUT2D eigenvalue weighted by Crippen LogP contribution is -2.16. The normalized spacial score (nSPS) is 12.0. The van der Waals surface area contributed by atoms with Gasteiger partial charge in [0.2, 0.25) is 0 Å². The fourth-order valence-corrected chi connectivity index (χ4v) is 2.95. The molecule has 0 saturated heterocycles. The Balaban J connectivity index is 2.31. The van der Waals surface area contributed by atoms with Gasteiger partial charge in [-0.2, -0.15) is 0 Å². The van der Waals surface area contributed by atoms with Crippen LogP contribution < -0.4 is 15.2 Å². The largest absolute Gasteiger partial charge is 0.497 e. The molecular weight excluding hydrogens is 274 g/mol. The zero-order valence-electron chi connectivity index (χ0n) is 13.8. The van der Waals surface area contributed by atoms with Crippen molar-refractivity contribution in [2.24, 2.45) is 5.73 Å². The van der Waals surface area contributed by atoms with Crippen LogP contribution in [0.25, 0.3) is 0 Å². The van der Waals surface area contributed by atoms with Crippen LogP contribution in [0.5, 0.6) is 11.5 Å². The van der Waals surface area contributed by atoms with Crippen molar-refractivity contribution in [2.45, 2.75) is 26.2 Å². The van der Waals surface area contributed by atoms with E-state index in [1.165, 1.54) is 16.7 Å². The quantitative estimate of drug-likeness (QED) is 0.886. The summed E-state index contributed by atoms with van der Waals surface area (Å²) in [4.78, 5) is 0. The number of nitrogens with two attached hydrogens (primary N) is 1. The van der Waals surface area contributed by atoms with E-state index < -0.39 is 0 Å². The SMILES string of the molecule is COc1ccc(C(CN)Cc2cc(C)cc(C)c2)c(OC)c1. The average molecular weight is 299 g/mol. The van der Waals surface area contributed by atoms with Crippen LogP contribution in [0.1, 0.15) is 28.2 Å². The van der Waals surface area contributed by atoms with E-state index in [0.717, 1.165) is 23.5 Å². The van der Waals surface area contributed by atoms with E-state index in [1.807, 2.05) is 12.1 Å². The number of hydrogen-bond acceptors (Lipinski definition) is 3. The lowest BCUT2D eigenvalue weighted by atomic mass is 9.90. The molecular formula is C19H25NO2. The highest BCUT2D eigenvalue weighted by atomic mass is 16.5. The lowest BCUT2D eigenvalue weighted by molar-refractivity contribution is 0.388. The van der Waals surface area contributed by atoms with Gasteiger partial charge in [-0.3, -0.25) is 0 Å². The summed E-state index contributed by atoms with van der Waals surface area (Å²) < 4.78 is 10.8. The molecule has 118 valence electrons. The highest BCUT2D eigenvalue weighted by Gasteiger charge is 2.16. The van der Waals surface area contributed by atoms with Gasteiger partial charge in [0, 0.05) is 12.0 Å². The zero-order valence-corrected chi connectivity index (χ0v) is 13.8. The average Bonchev–Trinajstić information content (AvgIpc) is 2.51. The molecule has 0 aliphatic heterocycles. The van der Waals surface area contributed by atoms with Gasteiger partial charge >= 0.3 is 0 Å². The molecule has 3 heteroatoms. The van der Waals surface area contributed by atoms with Crippen LogP contribution in [0.2, 0.25) is 0 Å². The number of ether oxygens (including phenoxy) is 2. The fraction of sp³-hybridized carbons (Fsp3) is 0.368. The van der Waals surface area contributed by atoms with E-state index in [-0.39, 0.29) is 5.92 Å². The topological polar surface area (TPSA) is 44.5 Å². The van der Waals surface area contributed by atoms with Crippen molar-refractivity contribution in [1.29, 1.82) is 0 Å². The molecule has 0 radical (unpaired) electrons. The summed E-state index contributed by atoms with van der Waals surface area (Å²) in [6.45, 7) is 4.83. The predicted molar refractivity (Wildman–Crippen MR) is 91.0 cm³/mol. The smallest absolute Gasteiger partial charge is 0.126 e. The zero-order chi connectivity index (χ0) is 16.1. The standard InChI is InChI=1S/C19H25NO2/c1-13-7-14(2)9-15(8-13)10-16(12-20)18-6-5-17(21-3)11-19(18)22-4/h5-9,11,16H,10,12,20H2,1-4H3. The van der Waals surface area contributed by atoms with Gasteiger partial charge in [0.15, 0.2) is 0 Å². The van der Waals surface area contributed by atoms with Crippen LogP contribution in [-0.4, -0.2) is 20.8 Å². The van der Waals surface area contributed by atoms with Crippen molar-refractivity contribution in [2.75, 3.05) is 20.8 Å². The number of aryl methyl sites for hydroxylation is 2. The summed E-state index contributed by atoms with van der Waals surface area (Å²) >= 11 is 0. The first kappa shape index (κ1) is 16.4. The van der Waals surface area contributed by atoms with E-state index >= 15 is 0 Å². The third-order valence-corrected chi connectivity index (χ3v) is 3.93. The molecule has 1 atom stereocenters. The molecule has 0 aliphatic carbocycles. The Bertz CT molecular complexity index is 617. The molecule has 0 aromatic heterocycles. The van der Waals surface area contributed by atoms with Gasteiger partial charge in [-0.1, -0.05) is 35.4 Å². The molecule has 2 aromatic rings. The minimum atomic E-state index is 0.224. The third-order valence-electron chi connectivity index (χ3n) is 3.93. The molecule has 0 bridgehead atoms. The minimum absolute atomic E-state index is 0.224. The molecule has 2 rings (SSSR count). The first-order valence-corrected chi connectivity index (χ1v) is 7.56. The van der Waals surface area contributed by atoms with Crippen molar-refractivity contribution >= 4 is 0 Å². The maximum Gasteiger partial charge on any atom is 0.126 e. The van der Waals surface area contributed by atoms with Gasteiger partial charge in [-0.25, -0.2) is 0 Å². The van der Waals surface area contributed by atoms with Gasteiger partial charge in [-0.05, 0) is 44.0 Å². The van der Waals surface area contributed by atoms with Crippen LogP contribution in [0, 0.1) is 13.8 Å². The molecule has 3 nitrogen and oxygen atoms in total. The van der Waals surface area contributed by atoms with Gasteiger partial charge in [0.25, 0.3) is 0 Å². The monoisotopic (exact) mass is 299 g/mol. The summed E-state index contributed by atoms with van der Waals surface area (Å²) in [5.74, 6) is 1.85. The fourth-order valence-electron chi connectivity index (χ4n) is 2.95. The minimum Gasteiger partial charge on any atom is -0.497 e. The van der Waals surface area contributed by atoms with Crippen LogP contribution in [0.3, 0.4) is 0 Å². The maximum atomic E-state index is 6.04. The molecule has 0 amide bonds. The van der Waals surface area contributed by atoms with Crippen LogP contribution in [0.15, 0.2) is 36.4 Å². The molecule has 0 saturated carbocycles. The van der Waals surface area contributed by atoms with Gasteiger partial charge < -0.3 is 15.2 Å². The summed E-state index contributed by atoms with van der Waals surface area (Å²) in [6, 6.07) is 12.6. The summed E-state index contributed by atoms with van der Waals surface area (Å²) in [5.41, 5.74) is 11.0. The number of methoxy groups -OCH3 is 2.